The average Bonchev–Trinajstić information content (AvgIpc) is 2.63. The molecule has 0 fully saturated rings. The van der Waals surface area contributed by atoms with Gasteiger partial charge in [-0.1, -0.05) is 30.3 Å². The number of aryl methyl sites for hydroxylation is 1. The third-order valence-electron chi connectivity index (χ3n) is 3.37. The summed E-state index contributed by atoms with van der Waals surface area (Å²) >= 11 is 0. The summed E-state index contributed by atoms with van der Waals surface area (Å²) in [6, 6.07) is 14.9. The smallest absolute Gasteiger partial charge is 0.123 e. The molecule has 0 bridgehead atoms. The quantitative estimate of drug-likeness (QED) is 0.825. The van der Waals surface area contributed by atoms with Crippen LogP contribution in [0.25, 0.3) is 11.1 Å². The van der Waals surface area contributed by atoms with Gasteiger partial charge in [-0.2, -0.15) is 0 Å². The number of nitrogens with one attached hydrogen (secondary N) is 1. The van der Waals surface area contributed by atoms with Gasteiger partial charge in [0.05, 0.1) is 0 Å². The Morgan fingerprint density at radius 1 is 1.11 bits per heavy atom. The fraction of sp³-hybridized carbons (Fsp3) is 0.250. The summed E-state index contributed by atoms with van der Waals surface area (Å²) in [6.07, 6.45) is 0. The third-order valence-corrected chi connectivity index (χ3v) is 3.37. The highest BCUT2D eigenvalue weighted by Gasteiger charge is 2.10. The normalized spacial score (nSPS) is 14.5. The topological polar surface area (TPSA) is 21.3 Å². The summed E-state index contributed by atoms with van der Waals surface area (Å²) in [5.41, 5.74) is 5.11. The zero-order chi connectivity index (χ0) is 12.4. The Hall–Kier alpha value is -1.80. The van der Waals surface area contributed by atoms with E-state index in [1.54, 1.807) is 0 Å². The molecule has 0 amide bonds. The zero-order valence-electron chi connectivity index (χ0n) is 10.6. The molecule has 1 aliphatic rings. The van der Waals surface area contributed by atoms with E-state index in [0.29, 0.717) is 0 Å². The molecule has 1 aliphatic heterocycles. The Kier molecular flexibility index (Phi) is 3.03. The van der Waals surface area contributed by atoms with Crippen LogP contribution in [0, 0.1) is 6.92 Å². The summed E-state index contributed by atoms with van der Waals surface area (Å²) in [5.74, 6) is 1.01. The van der Waals surface area contributed by atoms with Crippen molar-refractivity contribution in [2.24, 2.45) is 0 Å². The van der Waals surface area contributed by atoms with Crippen molar-refractivity contribution in [3.8, 4) is 16.9 Å². The van der Waals surface area contributed by atoms with Crippen LogP contribution in [0.2, 0.25) is 0 Å². The first-order valence-electron chi connectivity index (χ1n) is 6.37. The van der Waals surface area contributed by atoms with Crippen LogP contribution in [-0.2, 0) is 6.54 Å². The summed E-state index contributed by atoms with van der Waals surface area (Å²) in [6.45, 7) is 4.69. The second kappa shape index (κ2) is 4.83. The van der Waals surface area contributed by atoms with Crippen molar-refractivity contribution in [3.63, 3.8) is 0 Å². The summed E-state index contributed by atoms with van der Waals surface area (Å²) in [5, 5.41) is 3.37. The van der Waals surface area contributed by atoms with E-state index in [2.05, 4.69) is 54.7 Å². The predicted molar refractivity (Wildman–Crippen MR) is 73.8 cm³/mol. The molecule has 1 heterocycles. The zero-order valence-corrected chi connectivity index (χ0v) is 10.6. The van der Waals surface area contributed by atoms with E-state index >= 15 is 0 Å². The summed E-state index contributed by atoms with van der Waals surface area (Å²) < 4.78 is 5.71. The lowest BCUT2D eigenvalue weighted by atomic mass is 9.98. The van der Waals surface area contributed by atoms with Crippen LogP contribution in [0.15, 0.2) is 42.5 Å². The molecule has 1 N–H and O–H groups in total. The van der Waals surface area contributed by atoms with E-state index in [-0.39, 0.29) is 0 Å². The van der Waals surface area contributed by atoms with Gasteiger partial charge in [0, 0.05) is 18.7 Å². The highest BCUT2D eigenvalue weighted by molar-refractivity contribution is 5.68. The predicted octanol–water partition coefficient (Wildman–Crippen LogP) is 3.14. The largest absolute Gasteiger partial charge is 0.492 e. The van der Waals surface area contributed by atoms with Crippen molar-refractivity contribution in [3.05, 3.63) is 53.6 Å². The number of hydrogen-bond donors (Lipinski definition) is 1. The van der Waals surface area contributed by atoms with E-state index < -0.39 is 0 Å². The van der Waals surface area contributed by atoms with Crippen molar-refractivity contribution < 1.29 is 4.74 Å². The van der Waals surface area contributed by atoms with Gasteiger partial charge in [-0.3, -0.25) is 0 Å². The van der Waals surface area contributed by atoms with Crippen LogP contribution in [0.3, 0.4) is 0 Å². The lowest BCUT2D eigenvalue weighted by Gasteiger charge is -2.10. The highest BCUT2D eigenvalue weighted by Crippen LogP contribution is 2.29. The maximum Gasteiger partial charge on any atom is 0.123 e. The van der Waals surface area contributed by atoms with Gasteiger partial charge in [0.2, 0.25) is 0 Å². The summed E-state index contributed by atoms with van der Waals surface area (Å²) in [7, 11) is 0. The van der Waals surface area contributed by atoms with E-state index in [1.165, 1.54) is 22.3 Å². The minimum Gasteiger partial charge on any atom is -0.492 e. The molecule has 0 aromatic heterocycles. The monoisotopic (exact) mass is 239 g/mol. The Bertz CT molecular complexity index is 563. The molecular weight excluding hydrogens is 222 g/mol. The Morgan fingerprint density at radius 3 is 2.89 bits per heavy atom. The molecule has 2 nitrogen and oxygen atoms in total. The standard InChI is InChI=1S/C16H17NO/c1-12-4-2-3-5-15(12)13-6-7-16-14(10-13)11-17-8-9-18-16/h2-7,10,17H,8-9,11H2,1H3. The minimum absolute atomic E-state index is 0.747. The molecule has 0 saturated heterocycles. The van der Waals surface area contributed by atoms with Crippen molar-refractivity contribution in [1.82, 2.24) is 5.32 Å². The SMILES string of the molecule is Cc1ccccc1-c1ccc2c(c1)CNCCO2. The molecule has 0 aliphatic carbocycles. The molecule has 0 spiro atoms. The fourth-order valence-electron chi connectivity index (χ4n) is 2.38. The second-order valence-electron chi connectivity index (χ2n) is 4.66. The highest BCUT2D eigenvalue weighted by atomic mass is 16.5. The minimum atomic E-state index is 0.747. The second-order valence-corrected chi connectivity index (χ2v) is 4.66. The first kappa shape index (κ1) is 11.3. The Balaban J connectivity index is 2.04. The maximum absolute atomic E-state index is 5.71. The number of ether oxygens (including phenoxy) is 1. The molecule has 2 aromatic carbocycles. The van der Waals surface area contributed by atoms with Crippen LogP contribution in [0.4, 0.5) is 0 Å². The molecule has 0 unspecified atom stereocenters. The van der Waals surface area contributed by atoms with Crippen LogP contribution < -0.4 is 10.1 Å². The molecule has 2 aromatic rings. The van der Waals surface area contributed by atoms with Gasteiger partial charge in [-0.15, -0.1) is 0 Å². The lowest BCUT2D eigenvalue weighted by Crippen LogP contribution is -2.16. The first-order valence-corrected chi connectivity index (χ1v) is 6.37. The van der Waals surface area contributed by atoms with E-state index in [1.807, 2.05) is 0 Å². The van der Waals surface area contributed by atoms with Gasteiger partial charge in [-0.25, -0.2) is 0 Å². The van der Waals surface area contributed by atoms with Crippen LogP contribution in [0.5, 0.6) is 5.75 Å². The maximum atomic E-state index is 5.71. The summed E-state index contributed by atoms with van der Waals surface area (Å²) in [4.78, 5) is 0. The lowest BCUT2D eigenvalue weighted by molar-refractivity contribution is 0.326. The number of hydrogen-bond acceptors (Lipinski definition) is 2. The van der Waals surface area contributed by atoms with Crippen molar-refractivity contribution in [2.75, 3.05) is 13.2 Å². The Morgan fingerprint density at radius 2 is 2.00 bits per heavy atom. The van der Waals surface area contributed by atoms with Crippen LogP contribution in [-0.4, -0.2) is 13.2 Å². The molecular formula is C16H17NO. The molecule has 0 atom stereocenters. The molecule has 0 saturated carbocycles. The van der Waals surface area contributed by atoms with Crippen LogP contribution >= 0.6 is 0 Å². The van der Waals surface area contributed by atoms with Gasteiger partial charge in [-0.05, 0) is 35.7 Å². The number of fused-ring (bicyclic) bond motifs is 1. The van der Waals surface area contributed by atoms with Gasteiger partial charge < -0.3 is 10.1 Å². The molecule has 2 heteroatoms. The van der Waals surface area contributed by atoms with Crippen molar-refractivity contribution in [1.29, 1.82) is 0 Å². The number of benzene rings is 2. The molecule has 18 heavy (non-hydrogen) atoms. The third kappa shape index (κ3) is 2.12. The van der Waals surface area contributed by atoms with Gasteiger partial charge >= 0.3 is 0 Å². The van der Waals surface area contributed by atoms with Gasteiger partial charge in [0.15, 0.2) is 0 Å². The van der Waals surface area contributed by atoms with Gasteiger partial charge in [0.1, 0.15) is 12.4 Å². The van der Waals surface area contributed by atoms with Gasteiger partial charge in [0.25, 0.3) is 0 Å². The Labute approximate surface area is 108 Å². The first-order chi connectivity index (χ1) is 8.84. The average molecular weight is 239 g/mol. The van der Waals surface area contributed by atoms with Crippen molar-refractivity contribution >= 4 is 0 Å². The van der Waals surface area contributed by atoms with E-state index in [0.717, 1.165) is 25.4 Å². The molecule has 92 valence electrons. The number of rotatable bonds is 1. The molecule has 0 radical (unpaired) electrons. The fourth-order valence-corrected chi connectivity index (χ4v) is 2.38. The van der Waals surface area contributed by atoms with E-state index in [4.69, 9.17) is 4.74 Å². The molecule has 3 rings (SSSR count). The van der Waals surface area contributed by atoms with Crippen LogP contribution in [0.1, 0.15) is 11.1 Å². The van der Waals surface area contributed by atoms with E-state index in [9.17, 15) is 0 Å². The van der Waals surface area contributed by atoms with Crippen molar-refractivity contribution in [2.45, 2.75) is 13.5 Å².